The molecule has 2 amide bonds. The molecule has 0 heterocycles. The highest BCUT2D eigenvalue weighted by atomic mass is 79.9. The van der Waals surface area contributed by atoms with Crippen LogP contribution in [0.25, 0.3) is 0 Å². The third-order valence-corrected chi connectivity index (χ3v) is 3.05. The van der Waals surface area contributed by atoms with Crippen molar-refractivity contribution in [2.45, 2.75) is 39.3 Å². The molecule has 104 valence electrons. The summed E-state index contributed by atoms with van der Waals surface area (Å²) in [7, 11) is 0. The van der Waals surface area contributed by atoms with Crippen molar-refractivity contribution in [3.63, 3.8) is 0 Å². The van der Waals surface area contributed by atoms with Crippen molar-refractivity contribution < 1.29 is 9.59 Å². The Hall–Kier alpha value is -1.36. The average molecular weight is 327 g/mol. The van der Waals surface area contributed by atoms with Crippen LogP contribution < -0.4 is 10.6 Å². The van der Waals surface area contributed by atoms with Crippen LogP contribution in [0.2, 0.25) is 0 Å². The van der Waals surface area contributed by atoms with Gasteiger partial charge in [-0.2, -0.15) is 0 Å². The standard InChI is InChI=1S/C14H19BrN2O2/c1-9(12(18)17-14(2,3)4)16-13(19)10-7-5-6-8-11(10)15/h5-9H,1-4H3,(H,16,19)(H,17,18). The van der Waals surface area contributed by atoms with E-state index in [0.717, 1.165) is 0 Å². The van der Waals surface area contributed by atoms with Crippen LogP contribution in [0.5, 0.6) is 0 Å². The molecule has 0 aromatic heterocycles. The summed E-state index contributed by atoms with van der Waals surface area (Å²) in [6.45, 7) is 7.35. The monoisotopic (exact) mass is 326 g/mol. The first-order valence-electron chi connectivity index (χ1n) is 6.08. The summed E-state index contributed by atoms with van der Waals surface area (Å²) in [5.74, 6) is -0.475. The zero-order valence-electron chi connectivity index (χ0n) is 11.6. The van der Waals surface area contributed by atoms with Crippen LogP contribution in [0.15, 0.2) is 28.7 Å². The van der Waals surface area contributed by atoms with Crippen LogP contribution in [-0.4, -0.2) is 23.4 Å². The van der Waals surface area contributed by atoms with E-state index in [4.69, 9.17) is 0 Å². The Bertz CT molecular complexity index is 481. The highest BCUT2D eigenvalue weighted by molar-refractivity contribution is 9.10. The van der Waals surface area contributed by atoms with Crippen LogP contribution in [0.3, 0.4) is 0 Å². The molecule has 0 aliphatic rings. The molecule has 5 heteroatoms. The van der Waals surface area contributed by atoms with Crippen LogP contribution in [0, 0.1) is 0 Å². The molecule has 2 N–H and O–H groups in total. The van der Waals surface area contributed by atoms with Gasteiger partial charge >= 0.3 is 0 Å². The van der Waals surface area contributed by atoms with E-state index < -0.39 is 6.04 Å². The van der Waals surface area contributed by atoms with Crippen LogP contribution in [-0.2, 0) is 4.79 Å². The Morgan fingerprint density at radius 3 is 2.32 bits per heavy atom. The van der Waals surface area contributed by atoms with Gasteiger partial charge in [-0.05, 0) is 55.8 Å². The first kappa shape index (κ1) is 15.7. The quantitative estimate of drug-likeness (QED) is 0.896. The van der Waals surface area contributed by atoms with Gasteiger partial charge in [0.05, 0.1) is 5.56 Å². The summed E-state index contributed by atoms with van der Waals surface area (Å²) >= 11 is 3.31. The van der Waals surface area contributed by atoms with E-state index in [0.29, 0.717) is 10.0 Å². The van der Waals surface area contributed by atoms with Crippen molar-refractivity contribution in [1.29, 1.82) is 0 Å². The molecular formula is C14H19BrN2O2. The molecule has 4 nitrogen and oxygen atoms in total. The van der Waals surface area contributed by atoms with Crippen molar-refractivity contribution >= 4 is 27.7 Å². The van der Waals surface area contributed by atoms with E-state index in [1.165, 1.54) is 0 Å². The summed E-state index contributed by atoms with van der Waals surface area (Å²) in [5.41, 5.74) is 0.196. The number of amides is 2. The molecule has 1 rings (SSSR count). The molecule has 0 saturated carbocycles. The summed E-state index contributed by atoms with van der Waals surface area (Å²) < 4.78 is 0.705. The zero-order chi connectivity index (χ0) is 14.6. The molecule has 0 fully saturated rings. The topological polar surface area (TPSA) is 58.2 Å². The lowest BCUT2D eigenvalue weighted by Crippen LogP contribution is -2.50. The number of carbonyl (C=O) groups excluding carboxylic acids is 2. The van der Waals surface area contributed by atoms with E-state index in [2.05, 4.69) is 26.6 Å². The van der Waals surface area contributed by atoms with Crippen LogP contribution in [0.1, 0.15) is 38.1 Å². The smallest absolute Gasteiger partial charge is 0.253 e. The number of hydrogen-bond donors (Lipinski definition) is 2. The lowest BCUT2D eigenvalue weighted by Gasteiger charge is -2.23. The van der Waals surface area contributed by atoms with Gasteiger partial charge in [0.15, 0.2) is 0 Å². The molecule has 0 bridgehead atoms. The Kier molecular flexibility index (Phi) is 5.11. The average Bonchev–Trinajstić information content (AvgIpc) is 2.27. The van der Waals surface area contributed by atoms with Gasteiger partial charge in [-0.3, -0.25) is 9.59 Å². The number of benzene rings is 1. The lowest BCUT2D eigenvalue weighted by atomic mass is 10.1. The van der Waals surface area contributed by atoms with Gasteiger partial charge in [0, 0.05) is 10.0 Å². The van der Waals surface area contributed by atoms with Gasteiger partial charge in [-0.1, -0.05) is 12.1 Å². The minimum Gasteiger partial charge on any atom is -0.350 e. The highest BCUT2D eigenvalue weighted by Gasteiger charge is 2.21. The number of carbonyl (C=O) groups is 2. The second-order valence-electron chi connectivity index (χ2n) is 5.41. The van der Waals surface area contributed by atoms with Gasteiger partial charge in [0.1, 0.15) is 6.04 Å². The fourth-order valence-electron chi connectivity index (χ4n) is 1.46. The second kappa shape index (κ2) is 6.19. The predicted molar refractivity (Wildman–Crippen MR) is 79.0 cm³/mol. The molecular weight excluding hydrogens is 308 g/mol. The fraction of sp³-hybridized carbons (Fsp3) is 0.429. The molecule has 1 aromatic carbocycles. The lowest BCUT2D eigenvalue weighted by molar-refractivity contribution is -0.124. The SMILES string of the molecule is CC(NC(=O)c1ccccc1Br)C(=O)NC(C)(C)C. The fourth-order valence-corrected chi connectivity index (χ4v) is 1.93. The van der Waals surface area contributed by atoms with Gasteiger partial charge in [-0.15, -0.1) is 0 Å². The third-order valence-electron chi connectivity index (χ3n) is 2.36. The molecule has 1 unspecified atom stereocenters. The number of nitrogens with one attached hydrogen (secondary N) is 2. The molecule has 0 radical (unpaired) electrons. The van der Waals surface area contributed by atoms with Crippen molar-refractivity contribution in [3.05, 3.63) is 34.3 Å². The van der Waals surface area contributed by atoms with E-state index in [-0.39, 0.29) is 17.4 Å². The summed E-state index contributed by atoms with van der Waals surface area (Å²) in [6.07, 6.45) is 0. The Balaban J connectivity index is 2.67. The minimum absolute atomic E-state index is 0.201. The van der Waals surface area contributed by atoms with Crippen LogP contribution in [0.4, 0.5) is 0 Å². The summed E-state index contributed by atoms with van der Waals surface area (Å²) in [6, 6.07) is 6.51. The van der Waals surface area contributed by atoms with E-state index >= 15 is 0 Å². The van der Waals surface area contributed by atoms with Gasteiger partial charge in [-0.25, -0.2) is 0 Å². The summed E-state index contributed by atoms with van der Waals surface area (Å²) in [4.78, 5) is 23.9. The van der Waals surface area contributed by atoms with Gasteiger partial charge in [0.25, 0.3) is 5.91 Å². The van der Waals surface area contributed by atoms with Crippen molar-refractivity contribution in [1.82, 2.24) is 10.6 Å². The number of halogens is 1. The maximum absolute atomic E-state index is 12.0. The zero-order valence-corrected chi connectivity index (χ0v) is 13.2. The highest BCUT2D eigenvalue weighted by Crippen LogP contribution is 2.15. The molecule has 0 aliphatic heterocycles. The molecule has 0 aliphatic carbocycles. The van der Waals surface area contributed by atoms with Crippen molar-refractivity contribution in [3.8, 4) is 0 Å². The normalized spacial score (nSPS) is 12.7. The molecule has 0 saturated heterocycles. The predicted octanol–water partition coefficient (Wildman–Crippen LogP) is 2.48. The third kappa shape index (κ3) is 5.03. The van der Waals surface area contributed by atoms with Crippen molar-refractivity contribution in [2.75, 3.05) is 0 Å². The molecule has 19 heavy (non-hydrogen) atoms. The minimum atomic E-state index is -0.584. The van der Waals surface area contributed by atoms with Crippen molar-refractivity contribution in [2.24, 2.45) is 0 Å². The number of hydrogen-bond acceptors (Lipinski definition) is 2. The van der Waals surface area contributed by atoms with Gasteiger partial charge in [0.2, 0.25) is 5.91 Å². The van der Waals surface area contributed by atoms with E-state index in [9.17, 15) is 9.59 Å². The number of rotatable bonds is 3. The van der Waals surface area contributed by atoms with Crippen LogP contribution >= 0.6 is 15.9 Å². The first-order chi connectivity index (χ1) is 8.70. The molecule has 0 spiro atoms. The second-order valence-corrected chi connectivity index (χ2v) is 6.27. The molecule has 1 atom stereocenters. The van der Waals surface area contributed by atoms with E-state index in [1.807, 2.05) is 26.8 Å². The Labute approximate surface area is 122 Å². The molecule has 1 aromatic rings. The maximum atomic E-state index is 12.0. The first-order valence-corrected chi connectivity index (χ1v) is 6.87. The maximum Gasteiger partial charge on any atom is 0.253 e. The van der Waals surface area contributed by atoms with Gasteiger partial charge < -0.3 is 10.6 Å². The summed E-state index contributed by atoms with van der Waals surface area (Å²) in [5, 5.41) is 5.50. The Morgan fingerprint density at radius 2 is 1.79 bits per heavy atom. The largest absolute Gasteiger partial charge is 0.350 e. The van der Waals surface area contributed by atoms with E-state index in [1.54, 1.807) is 25.1 Å². The Morgan fingerprint density at radius 1 is 1.21 bits per heavy atom.